The van der Waals surface area contributed by atoms with Crippen LogP contribution in [0.2, 0.25) is 0 Å². The molecule has 0 spiro atoms. The normalized spacial score (nSPS) is 15.0. The topological polar surface area (TPSA) is 61.5 Å². The van der Waals surface area contributed by atoms with Crippen LogP contribution in [-0.2, 0) is 10.8 Å². The first kappa shape index (κ1) is 20.4. The lowest BCUT2D eigenvalue weighted by atomic mass is 10.1. The fraction of sp³-hybridized carbons (Fsp3) is 0.389. The lowest BCUT2D eigenvalue weighted by molar-refractivity contribution is -0.256. The summed E-state index contributed by atoms with van der Waals surface area (Å²) < 4.78 is 89.6. The smallest absolute Gasteiger partial charge is 0.422 e. The third-order valence-electron chi connectivity index (χ3n) is 4.37. The molecule has 1 saturated carbocycles. The van der Waals surface area contributed by atoms with E-state index in [1.54, 1.807) is 0 Å². The summed E-state index contributed by atoms with van der Waals surface area (Å²) in [6.45, 7) is -1.79. The van der Waals surface area contributed by atoms with Gasteiger partial charge >= 0.3 is 12.3 Å². The van der Waals surface area contributed by atoms with E-state index in [0.29, 0.717) is 0 Å². The van der Waals surface area contributed by atoms with Gasteiger partial charge in [0.1, 0.15) is 0 Å². The molecule has 0 N–H and O–H groups in total. The van der Waals surface area contributed by atoms with Gasteiger partial charge in [0.25, 0.3) is 5.88 Å². The Kier molecular flexibility index (Phi) is 5.04. The quantitative estimate of drug-likeness (QED) is 0.520. The molecule has 0 amide bonds. The fourth-order valence-corrected chi connectivity index (χ4v) is 2.67. The van der Waals surface area contributed by atoms with Crippen LogP contribution in [0.3, 0.4) is 0 Å². The minimum atomic E-state index is -4.64. The molecule has 0 aliphatic heterocycles. The van der Waals surface area contributed by atoms with Crippen LogP contribution >= 0.6 is 0 Å². The summed E-state index contributed by atoms with van der Waals surface area (Å²) in [4.78, 5) is 3.54. The molecule has 0 unspecified atom stereocenters. The van der Waals surface area contributed by atoms with Crippen molar-refractivity contribution in [1.29, 1.82) is 0 Å². The zero-order valence-electron chi connectivity index (χ0n) is 15.2. The maximum atomic E-state index is 14.4. The molecule has 1 fully saturated rings. The first-order valence-electron chi connectivity index (χ1n) is 8.85. The Balaban J connectivity index is 1.60. The van der Waals surface area contributed by atoms with Crippen LogP contribution in [0.5, 0.6) is 5.88 Å². The van der Waals surface area contributed by atoms with Gasteiger partial charge in [0.05, 0.1) is 6.61 Å². The summed E-state index contributed by atoms with van der Waals surface area (Å²) in [6.07, 6.45) is -4.34. The second kappa shape index (κ2) is 7.42. The van der Waals surface area contributed by atoms with Crippen LogP contribution in [0.1, 0.15) is 18.7 Å². The molecule has 30 heavy (non-hydrogen) atoms. The molecule has 3 aromatic heterocycles. The van der Waals surface area contributed by atoms with Crippen molar-refractivity contribution in [2.75, 3.05) is 13.2 Å². The van der Waals surface area contributed by atoms with Gasteiger partial charge in [-0.3, -0.25) is 4.40 Å². The van der Waals surface area contributed by atoms with Gasteiger partial charge < -0.3 is 9.47 Å². The molecule has 0 aromatic carbocycles. The molecule has 12 heteroatoms. The standard InChI is InChI=1S/C18H14F6N4O2/c19-13-5-12(6-25-15(13)29-9-17(20,21)22)11-3-4-14-26-27-16(28(14)7-11)18(23,24)30-8-10-1-2-10/h3-7,10H,1-2,8-9H2. The second-order valence-corrected chi connectivity index (χ2v) is 6.86. The molecule has 0 radical (unpaired) electrons. The van der Waals surface area contributed by atoms with Crippen LogP contribution in [0.15, 0.2) is 30.6 Å². The molecule has 0 bridgehead atoms. The monoisotopic (exact) mass is 432 g/mol. The van der Waals surface area contributed by atoms with Crippen molar-refractivity contribution in [3.8, 4) is 17.0 Å². The zero-order valence-corrected chi connectivity index (χ0v) is 15.2. The average molecular weight is 432 g/mol. The van der Waals surface area contributed by atoms with E-state index in [1.807, 2.05) is 0 Å². The van der Waals surface area contributed by atoms with E-state index < -0.39 is 36.4 Å². The van der Waals surface area contributed by atoms with E-state index in [1.165, 1.54) is 18.3 Å². The minimum Gasteiger partial charge on any atom is -0.466 e. The first-order valence-corrected chi connectivity index (χ1v) is 8.85. The molecular formula is C18H14F6N4O2. The van der Waals surface area contributed by atoms with E-state index in [2.05, 4.69) is 19.9 Å². The van der Waals surface area contributed by atoms with Crippen LogP contribution < -0.4 is 4.74 Å². The van der Waals surface area contributed by atoms with Crippen molar-refractivity contribution >= 4 is 5.65 Å². The zero-order chi connectivity index (χ0) is 21.5. The number of hydrogen-bond donors (Lipinski definition) is 0. The maximum Gasteiger partial charge on any atom is 0.422 e. The third kappa shape index (κ3) is 4.48. The second-order valence-electron chi connectivity index (χ2n) is 6.86. The summed E-state index contributed by atoms with van der Waals surface area (Å²) in [6, 6.07) is 3.74. The summed E-state index contributed by atoms with van der Waals surface area (Å²) in [7, 11) is 0. The molecule has 3 heterocycles. The number of hydrogen-bond acceptors (Lipinski definition) is 5. The highest BCUT2D eigenvalue weighted by atomic mass is 19.4. The van der Waals surface area contributed by atoms with Gasteiger partial charge in [-0.15, -0.1) is 10.2 Å². The van der Waals surface area contributed by atoms with Crippen molar-refractivity contribution in [1.82, 2.24) is 19.6 Å². The number of ether oxygens (including phenoxy) is 2. The van der Waals surface area contributed by atoms with E-state index in [-0.39, 0.29) is 29.3 Å². The predicted octanol–water partition coefficient (Wildman–Crippen LogP) is 4.35. The molecule has 1 aliphatic rings. The maximum absolute atomic E-state index is 14.4. The van der Waals surface area contributed by atoms with Crippen LogP contribution in [0.4, 0.5) is 26.3 Å². The van der Waals surface area contributed by atoms with E-state index in [4.69, 9.17) is 4.74 Å². The van der Waals surface area contributed by atoms with E-state index in [0.717, 1.165) is 29.5 Å². The average Bonchev–Trinajstić information content (AvgIpc) is 3.41. The molecule has 4 rings (SSSR count). The first-order chi connectivity index (χ1) is 14.1. The van der Waals surface area contributed by atoms with Crippen molar-refractivity contribution in [2.45, 2.75) is 25.1 Å². The Morgan fingerprint density at radius 3 is 2.50 bits per heavy atom. The Hall–Kier alpha value is -2.89. The number of aromatic nitrogens is 4. The van der Waals surface area contributed by atoms with Gasteiger partial charge in [-0.1, -0.05) is 0 Å². The highest BCUT2D eigenvalue weighted by Crippen LogP contribution is 2.35. The summed E-state index contributed by atoms with van der Waals surface area (Å²) in [5.41, 5.74) is 0.507. The third-order valence-corrected chi connectivity index (χ3v) is 4.37. The Morgan fingerprint density at radius 2 is 1.83 bits per heavy atom. The van der Waals surface area contributed by atoms with Gasteiger partial charge in [-0.2, -0.15) is 22.0 Å². The number of rotatable bonds is 7. The largest absolute Gasteiger partial charge is 0.466 e. The minimum absolute atomic E-state index is 0.101. The predicted molar refractivity (Wildman–Crippen MR) is 90.3 cm³/mol. The summed E-state index contributed by atoms with van der Waals surface area (Å²) in [5.74, 6) is -2.57. The number of pyridine rings is 2. The van der Waals surface area contributed by atoms with Crippen LogP contribution in [0.25, 0.3) is 16.8 Å². The molecule has 6 nitrogen and oxygen atoms in total. The van der Waals surface area contributed by atoms with Crippen molar-refractivity contribution in [3.63, 3.8) is 0 Å². The fourth-order valence-electron chi connectivity index (χ4n) is 2.67. The Labute approximate surface area is 165 Å². The number of halogens is 6. The summed E-state index contributed by atoms with van der Waals surface area (Å²) in [5, 5.41) is 7.18. The number of alkyl halides is 5. The molecule has 1 aliphatic carbocycles. The van der Waals surface area contributed by atoms with Crippen LogP contribution in [-0.4, -0.2) is 39.0 Å². The van der Waals surface area contributed by atoms with Crippen LogP contribution in [0, 0.1) is 11.7 Å². The molecule has 3 aromatic rings. The lowest BCUT2D eigenvalue weighted by Crippen LogP contribution is -2.23. The Bertz CT molecular complexity index is 1060. The van der Waals surface area contributed by atoms with Crippen molar-refractivity contribution in [3.05, 3.63) is 42.2 Å². The van der Waals surface area contributed by atoms with Gasteiger partial charge in [-0.05, 0) is 37.0 Å². The lowest BCUT2D eigenvalue weighted by Gasteiger charge is -2.15. The molecule has 0 atom stereocenters. The number of nitrogens with zero attached hydrogens (tertiary/aromatic N) is 4. The van der Waals surface area contributed by atoms with Gasteiger partial charge in [0, 0.05) is 23.5 Å². The Morgan fingerprint density at radius 1 is 1.07 bits per heavy atom. The summed E-state index contributed by atoms with van der Waals surface area (Å²) >= 11 is 0. The van der Waals surface area contributed by atoms with Crippen molar-refractivity contribution in [2.24, 2.45) is 5.92 Å². The van der Waals surface area contributed by atoms with Crippen molar-refractivity contribution < 1.29 is 35.8 Å². The molecular weight excluding hydrogens is 418 g/mol. The number of fused-ring (bicyclic) bond motifs is 1. The highest BCUT2D eigenvalue weighted by molar-refractivity contribution is 5.64. The van der Waals surface area contributed by atoms with E-state index >= 15 is 0 Å². The SMILES string of the molecule is Fc1cc(-c2ccc3nnc(C(F)(F)OCC4CC4)n3c2)cnc1OCC(F)(F)F. The van der Waals surface area contributed by atoms with Gasteiger partial charge in [0.2, 0.25) is 5.82 Å². The highest BCUT2D eigenvalue weighted by Gasteiger charge is 2.40. The van der Waals surface area contributed by atoms with E-state index in [9.17, 15) is 26.3 Å². The molecule has 160 valence electrons. The molecule has 0 saturated heterocycles. The van der Waals surface area contributed by atoms with Gasteiger partial charge in [-0.25, -0.2) is 9.37 Å². The van der Waals surface area contributed by atoms with Gasteiger partial charge in [0.15, 0.2) is 18.1 Å².